The van der Waals surface area contributed by atoms with E-state index in [1.807, 2.05) is 6.07 Å². The molecule has 0 bridgehead atoms. The summed E-state index contributed by atoms with van der Waals surface area (Å²) in [7, 11) is 0. The molecule has 3 aromatic rings. The van der Waals surface area contributed by atoms with Crippen molar-refractivity contribution in [3.05, 3.63) is 106 Å². The van der Waals surface area contributed by atoms with E-state index in [1.165, 1.54) is 60.7 Å². The van der Waals surface area contributed by atoms with Gasteiger partial charge in [0.1, 0.15) is 17.2 Å². The number of aliphatic hydroxyl groups excluding tert-OH is 1. The van der Waals surface area contributed by atoms with Crippen molar-refractivity contribution < 1.29 is 19.0 Å². The number of aliphatic hydroxyl groups is 2. The minimum absolute atomic E-state index is 0.289. The van der Waals surface area contributed by atoms with Crippen molar-refractivity contribution in [2.75, 3.05) is 0 Å². The van der Waals surface area contributed by atoms with Gasteiger partial charge >= 0.3 is 0 Å². The number of hydrogen-bond donors (Lipinski definition) is 2. The van der Waals surface area contributed by atoms with Crippen LogP contribution in [0.5, 0.6) is 0 Å². The van der Waals surface area contributed by atoms with Crippen molar-refractivity contribution in [2.24, 2.45) is 0 Å². The summed E-state index contributed by atoms with van der Waals surface area (Å²) in [5.74, 6) is -0.905. The molecule has 0 spiro atoms. The van der Waals surface area contributed by atoms with Gasteiger partial charge in [0.05, 0.1) is 18.2 Å². The second kappa shape index (κ2) is 7.04. The molecule has 0 amide bonds. The Morgan fingerprint density at radius 3 is 1.69 bits per heavy atom. The Hall–Kier alpha value is -3.07. The summed E-state index contributed by atoms with van der Waals surface area (Å²) >= 11 is 0. The Bertz CT molecular complexity index is 915. The van der Waals surface area contributed by atoms with E-state index in [0.29, 0.717) is 22.3 Å². The molecule has 0 aliphatic heterocycles. The highest BCUT2D eigenvalue weighted by atomic mass is 19.1. The van der Waals surface area contributed by atoms with Crippen LogP contribution in [0, 0.1) is 23.0 Å². The summed E-state index contributed by atoms with van der Waals surface area (Å²) < 4.78 is 26.7. The van der Waals surface area contributed by atoms with Gasteiger partial charge in [0.15, 0.2) is 0 Å². The minimum atomic E-state index is -1.71. The van der Waals surface area contributed by atoms with E-state index in [2.05, 4.69) is 0 Å². The largest absolute Gasteiger partial charge is 0.392 e. The van der Waals surface area contributed by atoms with Crippen LogP contribution >= 0.6 is 0 Å². The van der Waals surface area contributed by atoms with Gasteiger partial charge in [0.2, 0.25) is 0 Å². The Balaban J connectivity index is 2.26. The van der Waals surface area contributed by atoms with Gasteiger partial charge in [0.25, 0.3) is 0 Å². The third kappa shape index (κ3) is 3.08. The van der Waals surface area contributed by atoms with Crippen LogP contribution in [0.25, 0.3) is 0 Å². The second-order valence-corrected chi connectivity index (χ2v) is 5.87. The average molecular weight is 351 g/mol. The van der Waals surface area contributed by atoms with Crippen LogP contribution in [0.2, 0.25) is 0 Å². The van der Waals surface area contributed by atoms with E-state index < -0.39 is 17.2 Å². The molecule has 0 fully saturated rings. The van der Waals surface area contributed by atoms with Crippen LogP contribution in [-0.2, 0) is 12.2 Å². The summed E-state index contributed by atoms with van der Waals surface area (Å²) in [5, 5.41) is 30.2. The lowest BCUT2D eigenvalue weighted by atomic mass is 9.79. The van der Waals surface area contributed by atoms with Crippen LogP contribution in [0.15, 0.2) is 66.7 Å². The quantitative estimate of drug-likeness (QED) is 0.706. The highest BCUT2D eigenvalue weighted by Gasteiger charge is 2.34. The van der Waals surface area contributed by atoms with Crippen LogP contribution in [0.1, 0.15) is 27.8 Å². The van der Waals surface area contributed by atoms with Crippen LogP contribution < -0.4 is 0 Å². The Kier molecular flexibility index (Phi) is 4.81. The van der Waals surface area contributed by atoms with E-state index >= 15 is 0 Å². The first kappa shape index (κ1) is 17.7. The Morgan fingerprint density at radius 1 is 0.808 bits per heavy atom. The predicted octanol–water partition coefficient (Wildman–Crippen LogP) is 3.61. The zero-order valence-electron chi connectivity index (χ0n) is 13.7. The van der Waals surface area contributed by atoms with Crippen molar-refractivity contribution in [1.82, 2.24) is 0 Å². The number of hydrogen-bond acceptors (Lipinski definition) is 3. The molecule has 2 N–H and O–H groups in total. The first-order valence-corrected chi connectivity index (χ1v) is 7.88. The van der Waals surface area contributed by atoms with Gasteiger partial charge in [0, 0.05) is 0 Å². The van der Waals surface area contributed by atoms with Gasteiger partial charge in [-0.25, -0.2) is 8.78 Å². The molecule has 0 atom stereocenters. The van der Waals surface area contributed by atoms with Crippen LogP contribution in [0.4, 0.5) is 8.78 Å². The van der Waals surface area contributed by atoms with E-state index in [1.54, 1.807) is 6.07 Å². The molecule has 0 aliphatic rings. The van der Waals surface area contributed by atoms with Crippen LogP contribution in [-0.4, -0.2) is 10.2 Å². The molecule has 0 heterocycles. The molecule has 0 saturated carbocycles. The first-order valence-electron chi connectivity index (χ1n) is 7.88. The number of rotatable bonds is 4. The van der Waals surface area contributed by atoms with Crippen molar-refractivity contribution >= 4 is 0 Å². The normalized spacial score (nSPS) is 11.2. The average Bonchev–Trinajstić information content (AvgIpc) is 2.68. The Morgan fingerprint density at radius 2 is 1.27 bits per heavy atom. The Labute approximate surface area is 149 Å². The molecule has 5 heteroatoms. The molecule has 0 aliphatic carbocycles. The van der Waals surface area contributed by atoms with Crippen molar-refractivity contribution in [3.63, 3.8) is 0 Å². The van der Waals surface area contributed by atoms with E-state index in [-0.39, 0.29) is 12.2 Å². The smallest absolute Gasteiger partial charge is 0.140 e. The molecule has 26 heavy (non-hydrogen) atoms. The van der Waals surface area contributed by atoms with Gasteiger partial charge in [-0.3, -0.25) is 0 Å². The lowest BCUT2D eigenvalue weighted by Gasteiger charge is -2.30. The molecule has 0 saturated heterocycles. The van der Waals surface area contributed by atoms with E-state index in [4.69, 9.17) is 5.26 Å². The van der Waals surface area contributed by atoms with Crippen molar-refractivity contribution in [3.8, 4) is 6.07 Å². The van der Waals surface area contributed by atoms with Gasteiger partial charge in [-0.15, -0.1) is 0 Å². The molecule has 130 valence electrons. The summed E-state index contributed by atoms with van der Waals surface area (Å²) in [6, 6.07) is 17.2. The molecule has 0 radical (unpaired) electrons. The van der Waals surface area contributed by atoms with Gasteiger partial charge in [-0.05, 0) is 58.7 Å². The molecular formula is C21H15F2NO2. The second-order valence-electron chi connectivity index (χ2n) is 5.87. The lowest BCUT2D eigenvalue weighted by Crippen LogP contribution is -2.29. The lowest BCUT2D eigenvalue weighted by molar-refractivity contribution is 0.125. The monoisotopic (exact) mass is 351 g/mol. The molecule has 3 aromatic carbocycles. The topological polar surface area (TPSA) is 64.2 Å². The maximum atomic E-state index is 13.3. The number of halogens is 2. The van der Waals surface area contributed by atoms with Crippen molar-refractivity contribution in [1.29, 1.82) is 5.26 Å². The highest BCUT2D eigenvalue weighted by molar-refractivity contribution is 5.50. The van der Waals surface area contributed by atoms with E-state index in [9.17, 15) is 19.0 Å². The summed E-state index contributed by atoms with van der Waals surface area (Å²) in [5.41, 5.74) is 0.0562. The standard InChI is InChI=1S/C21H15F2NO2/c22-19-7-3-16(4-8-19)21(26,17-5-9-20(23)10-6-17)18-2-1-14(12-24)15(11-18)13-25/h1-11,25-26H,13H2. The predicted molar refractivity (Wildman–Crippen MR) is 92.0 cm³/mol. The fraction of sp³-hybridized carbons (Fsp3) is 0.0952. The van der Waals surface area contributed by atoms with Gasteiger partial charge in [-0.1, -0.05) is 30.3 Å². The van der Waals surface area contributed by atoms with Crippen molar-refractivity contribution in [2.45, 2.75) is 12.2 Å². The fourth-order valence-corrected chi connectivity index (χ4v) is 2.94. The third-order valence-electron chi connectivity index (χ3n) is 4.34. The van der Waals surface area contributed by atoms with Gasteiger partial charge < -0.3 is 10.2 Å². The summed E-state index contributed by atoms with van der Waals surface area (Å²) in [6.07, 6.45) is 0. The van der Waals surface area contributed by atoms with E-state index in [0.717, 1.165) is 0 Å². The zero-order chi connectivity index (χ0) is 18.7. The highest BCUT2D eigenvalue weighted by Crippen LogP contribution is 2.37. The van der Waals surface area contributed by atoms with Crippen LogP contribution in [0.3, 0.4) is 0 Å². The summed E-state index contributed by atoms with van der Waals surface area (Å²) in [4.78, 5) is 0. The number of nitrogens with zero attached hydrogens (tertiary/aromatic N) is 1. The molecule has 0 unspecified atom stereocenters. The summed E-state index contributed by atoms with van der Waals surface area (Å²) in [6.45, 7) is -0.375. The first-order chi connectivity index (χ1) is 12.5. The minimum Gasteiger partial charge on any atom is -0.392 e. The number of nitriles is 1. The fourth-order valence-electron chi connectivity index (χ4n) is 2.94. The molecule has 3 rings (SSSR count). The third-order valence-corrected chi connectivity index (χ3v) is 4.34. The maximum absolute atomic E-state index is 13.3. The number of benzene rings is 3. The molecular weight excluding hydrogens is 336 g/mol. The maximum Gasteiger partial charge on any atom is 0.140 e. The zero-order valence-corrected chi connectivity index (χ0v) is 13.7. The molecule has 0 aromatic heterocycles. The molecule has 3 nitrogen and oxygen atoms in total. The SMILES string of the molecule is N#Cc1ccc(C(O)(c2ccc(F)cc2)c2ccc(F)cc2)cc1CO. The van der Waals surface area contributed by atoms with Gasteiger partial charge in [-0.2, -0.15) is 5.26 Å².